The van der Waals surface area contributed by atoms with Crippen LogP contribution in [-0.4, -0.2) is 9.78 Å². The Morgan fingerprint density at radius 1 is 1.55 bits per heavy atom. The molecule has 1 aromatic rings. The van der Waals surface area contributed by atoms with Crippen LogP contribution in [0.2, 0.25) is 0 Å². The Morgan fingerprint density at radius 2 is 2.09 bits per heavy atom. The zero-order valence-corrected chi connectivity index (χ0v) is 5.81. The summed E-state index contributed by atoms with van der Waals surface area (Å²) in [5.41, 5.74) is -1.01. The lowest BCUT2D eigenvalue weighted by atomic mass is 10.3. The molecule has 1 radical (unpaired) electrons. The van der Waals surface area contributed by atoms with Gasteiger partial charge in [-0.1, -0.05) is 0 Å². The van der Waals surface area contributed by atoms with Gasteiger partial charge in [0.15, 0.2) is 5.69 Å². The van der Waals surface area contributed by atoms with Crippen molar-refractivity contribution in [1.82, 2.24) is 9.78 Å². The van der Waals surface area contributed by atoms with Crippen molar-refractivity contribution < 1.29 is 13.2 Å². The number of hydrogen-bond acceptors (Lipinski definition) is 1. The molecule has 11 heavy (non-hydrogen) atoms. The summed E-state index contributed by atoms with van der Waals surface area (Å²) >= 11 is 0. The van der Waals surface area contributed by atoms with Gasteiger partial charge in [0.1, 0.15) is 0 Å². The fourth-order valence-electron chi connectivity index (χ4n) is 0.776. The van der Waals surface area contributed by atoms with Gasteiger partial charge in [0.25, 0.3) is 0 Å². The summed E-state index contributed by atoms with van der Waals surface area (Å²) in [6.07, 6.45) is -3.17. The first kappa shape index (κ1) is 8.10. The molecule has 0 atom stereocenters. The van der Waals surface area contributed by atoms with E-state index in [2.05, 4.69) is 12.0 Å². The number of aryl methyl sites for hydroxylation is 1. The molecular weight excluding hydrogens is 157 g/mol. The Kier molecular flexibility index (Phi) is 1.66. The fraction of sp³-hybridized carbons (Fsp3) is 0.333. The molecule has 0 N–H and O–H groups in total. The molecule has 0 saturated carbocycles. The van der Waals surface area contributed by atoms with Crippen molar-refractivity contribution in [2.45, 2.75) is 6.18 Å². The SMILES string of the molecule is [CH2]c1cn(C)nc1C(F)(F)F. The summed E-state index contributed by atoms with van der Waals surface area (Å²) < 4.78 is 36.9. The maximum atomic E-state index is 11.9. The zero-order valence-electron chi connectivity index (χ0n) is 5.81. The van der Waals surface area contributed by atoms with Gasteiger partial charge in [0.2, 0.25) is 0 Å². The minimum absolute atomic E-state index is 0.0972. The minimum Gasteiger partial charge on any atom is -0.275 e. The van der Waals surface area contributed by atoms with Gasteiger partial charge in [0, 0.05) is 18.8 Å². The van der Waals surface area contributed by atoms with Crippen molar-refractivity contribution in [3.05, 3.63) is 24.4 Å². The molecule has 0 aliphatic rings. The molecule has 0 aliphatic heterocycles. The van der Waals surface area contributed by atoms with Crippen molar-refractivity contribution in [1.29, 1.82) is 0 Å². The molecule has 0 spiro atoms. The van der Waals surface area contributed by atoms with E-state index < -0.39 is 11.9 Å². The third-order valence-electron chi connectivity index (χ3n) is 1.17. The topological polar surface area (TPSA) is 17.8 Å². The van der Waals surface area contributed by atoms with E-state index in [-0.39, 0.29) is 5.56 Å². The Hall–Kier alpha value is -1.00. The number of aromatic nitrogens is 2. The van der Waals surface area contributed by atoms with Crippen LogP contribution in [-0.2, 0) is 13.2 Å². The molecule has 1 rings (SSSR count). The summed E-state index contributed by atoms with van der Waals surface area (Å²) in [6.45, 7) is 3.20. The molecule has 0 saturated heterocycles. The lowest BCUT2D eigenvalue weighted by molar-refractivity contribution is -0.141. The fourth-order valence-corrected chi connectivity index (χ4v) is 0.776. The molecule has 2 nitrogen and oxygen atoms in total. The number of halogens is 3. The first-order valence-electron chi connectivity index (χ1n) is 2.84. The molecule has 0 unspecified atom stereocenters. The Bertz CT molecular complexity index is 261. The lowest BCUT2D eigenvalue weighted by Crippen LogP contribution is -2.08. The molecule has 0 fully saturated rings. The van der Waals surface area contributed by atoms with Crippen LogP contribution in [0.25, 0.3) is 0 Å². The maximum Gasteiger partial charge on any atom is 0.435 e. The molecule has 0 bridgehead atoms. The number of rotatable bonds is 0. The third kappa shape index (κ3) is 1.53. The normalized spacial score (nSPS) is 12.1. The molecule has 0 aromatic carbocycles. The summed E-state index contributed by atoms with van der Waals surface area (Å²) in [7, 11) is 1.42. The van der Waals surface area contributed by atoms with Crippen LogP contribution in [0.3, 0.4) is 0 Å². The van der Waals surface area contributed by atoms with E-state index in [1.807, 2.05) is 0 Å². The van der Waals surface area contributed by atoms with E-state index in [4.69, 9.17) is 0 Å². The first-order valence-corrected chi connectivity index (χ1v) is 2.84. The standard InChI is InChI=1S/C6H6F3N2/c1-4-3-11(2)10-5(4)6(7,8)9/h3H,1H2,2H3. The van der Waals surface area contributed by atoms with E-state index in [1.54, 1.807) is 0 Å². The van der Waals surface area contributed by atoms with Crippen LogP contribution < -0.4 is 0 Å². The van der Waals surface area contributed by atoms with Gasteiger partial charge in [-0.2, -0.15) is 18.3 Å². The molecular formula is C6H6F3N2. The van der Waals surface area contributed by atoms with E-state index in [0.717, 1.165) is 4.68 Å². The second-order valence-electron chi connectivity index (χ2n) is 2.17. The monoisotopic (exact) mass is 163 g/mol. The predicted molar refractivity (Wildman–Crippen MR) is 32.7 cm³/mol. The van der Waals surface area contributed by atoms with Gasteiger partial charge in [-0.25, -0.2) is 0 Å². The average Bonchev–Trinajstić information content (AvgIpc) is 2.08. The van der Waals surface area contributed by atoms with Crippen molar-refractivity contribution in [3.63, 3.8) is 0 Å². The highest BCUT2D eigenvalue weighted by Crippen LogP contribution is 2.29. The predicted octanol–water partition coefficient (Wildman–Crippen LogP) is 1.62. The van der Waals surface area contributed by atoms with Crippen molar-refractivity contribution >= 4 is 0 Å². The van der Waals surface area contributed by atoms with Gasteiger partial charge in [-0.3, -0.25) is 4.68 Å². The average molecular weight is 163 g/mol. The van der Waals surface area contributed by atoms with Crippen molar-refractivity contribution in [2.75, 3.05) is 0 Å². The maximum absolute atomic E-state index is 11.9. The highest BCUT2D eigenvalue weighted by atomic mass is 19.4. The number of alkyl halides is 3. The molecule has 0 amide bonds. The zero-order chi connectivity index (χ0) is 8.65. The van der Waals surface area contributed by atoms with Crippen LogP contribution in [0.1, 0.15) is 11.3 Å². The Labute approximate surface area is 61.6 Å². The highest BCUT2D eigenvalue weighted by Gasteiger charge is 2.35. The third-order valence-corrected chi connectivity index (χ3v) is 1.17. The summed E-state index contributed by atoms with van der Waals surface area (Å²) in [5, 5.41) is 3.21. The smallest absolute Gasteiger partial charge is 0.275 e. The molecule has 5 heteroatoms. The summed E-state index contributed by atoms with van der Waals surface area (Å²) in [4.78, 5) is 0. The minimum atomic E-state index is -4.39. The van der Waals surface area contributed by atoms with Gasteiger partial charge >= 0.3 is 6.18 Å². The van der Waals surface area contributed by atoms with Gasteiger partial charge < -0.3 is 0 Å². The molecule has 1 aromatic heterocycles. The van der Waals surface area contributed by atoms with E-state index in [1.165, 1.54) is 13.2 Å². The van der Waals surface area contributed by atoms with Crippen molar-refractivity contribution in [3.8, 4) is 0 Å². The van der Waals surface area contributed by atoms with Gasteiger partial charge in [-0.15, -0.1) is 0 Å². The van der Waals surface area contributed by atoms with E-state index >= 15 is 0 Å². The summed E-state index contributed by atoms with van der Waals surface area (Å²) in [6, 6.07) is 0. The number of nitrogens with zero attached hydrogens (tertiary/aromatic N) is 2. The number of hydrogen-bond donors (Lipinski definition) is 0. The Morgan fingerprint density at radius 3 is 2.27 bits per heavy atom. The largest absolute Gasteiger partial charge is 0.435 e. The summed E-state index contributed by atoms with van der Waals surface area (Å²) in [5.74, 6) is 0. The van der Waals surface area contributed by atoms with Crippen LogP contribution >= 0.6 is 0 Å². The Balaban J connectivity index is 3.13. The van der Waals surface area contributed by atoms with Crippen LogP contribution in [0.15, 0.2) is 6.20 Å². The van der Waals surface area contributed by atoms with Crippen molar-refractivity contribution in [2.24, 2.45) is 7.05 Å². The second kappa shape index (κ2) is 2.25. The van der Waals surface area contributed by atoms with Gasteiger partial charge in [-0.05, 0) is 6.92 Å². The van der Waals surface area contributed by atoms with E-state index in [0.29, 0.717) is 0 Å². The molecule has 1 heterocycles. The second-order valence-corrected chi connectivity index (χ2v) is 2.17. The highest BCUT2D eigenvalue weighted by molar-refractivity contribution is 5.22. The van der Waals surface area contributed by atoms with Crippen LogP contribution in [0, 0.1) is 6.92 Å². The first-order chi connectivity index (χ1) is 4.91. The lowest BCUT2D eigenvalue weighted by Gasteiger charge is -2.01. The van der Waals surface area contributed by atoms with Gasteiger partial charge in [0.05, 0.1) is 0 Å². The quantitative estimate of drug-likeness (QED) is 0.568. The van der Waals surface area contributed by atoms with E-state index in [9.17, 15) is 13.2 Å². The molecule has 0 aliphatic carbocycles. The molecule has 61 valence electrons. The van der Waals surface area contributed by atoms with Crippen LogP contribution in [0.4, 0.5) is 13.2 Å². The van der Waals surface area contributed by atoms with Crippen LogP contribution in [0.5, 0.6) is 0 Å².